The first kappa shape index (κ1) is 28.5. The van der Waals surface area contributed by atoms with Gasteiger partial charge in [-0.3, -0.25) is 4.79 Å². The van der Waals surface area contributed by atoms with Crippen molar-refractivity contribution in [2.75, 3.05) is 52.4 Å². The second-order valence-corrected chi connectivity index (χ2v) is 12.2. The largest absolute Gasteiger partial charge is 0.326 e. The molecule has 0 unspecified atom stereocenters. The number of likely N-dealkylation sites (tertiary alicyclic amines) is 2. The maximum atomic E-state index is 13.5. The average Bonchev–Trinajstić information content (AvgIpc) is 2.79. The molecule has 0 aromatic carbocycles. The molecule has 3 aliphatic heterocycles. The van der Waals surface area contributed by atoms with Crippen LogP contribution in [0.2, 0.25) is 0 Å². The number of piperazine rings is 1. The van der Waals surface area contributed by atoms with Gasteiger partial charge in [0.15, 0.2) is 0 Å². The number of aldehydes is 1. The predicted molar refractivity (Wildman–Crippen MR) is 136 cm³/mol. The first-order valence-corrected chi connectivity index (χ1v) is 13.9. The summed E-state index contributed by atoms with van der Waals surface area (Å²) in [7, 11) is 0. The number of carbonyl (C=O) groups excluding carboxylic acids is 2. The van der Waals surface area contributed by atoms with E-state index in [1.807, 2.05) is 4.90 Å². The maximum absolute atomic E-state index is 13.5. The zero-order valence-corrected chi connectivity index (χ0v) is 22.4. The van der Waals surface area contributed by atoms with Crippen molar-refractivity contribution in [2.45, 2.75) is 90.1 Å². The number of hydrogen-bond donors (Lipinski definition) is 1. The van der Waals surface area contributed by atoms with Crippen molar-refractivity contribution in [1.82, 2.24) is 20.0 Å². The van der Waals surface area contributed by atoms with Crippen LogP contribution in [-0.2, 0) is 9.59 Å². The lowest BCUT2D eigenvalue weighted by molar-refractivity contribution is -0.149. The number of amides is 1. The summed E-state index contributed by atoms with van der Waals surface area (Å²) in [5.74, 6) is -1.10. The van der Waals surface area contributed by atoms with Gasteiger partial charge in [-0.25, -0.2) is 8.78 Å². The van der Waals surface area contributed by atoms with Crippen molar-refractivity contribution >= 4 is 12.2 Å². The molecule has 3 heterocycles. The molecule has 0 radical (unpaired) electrons. The van der Waals surface area contributed by atoms with Crippen LogP contribution in [0.1, 0.15) is 72.6 Å². The van der Waals surface area contributed by atoms with Gasteiger partial charge in [-0.2, -0.15) is 0 Å². The Morgan fingerprint density at radius 3 is 2.26 bits per heavy atom. The highest BCUT2D eigenvalue weighted by atomic mass is 19.3. The quantitative estimate of drug-likeness (QED) is 0.441. The summed E-state index contributed by atoms with van der Waals surface area (Å²) in [6.45, 7) is 14.1. The van der Waals surface area contributed by atoms with Crippen LogP contribution in [0.4, 0.5) is 8.78 Å². The Kier molecular flexibility index (Phi) is 10.1. The maximum Gasteiger partial charge on any atom is 0.250 e. The first-order valence-electron chi connectivity index (χ1n) is 13.9. The molecule has 3 saturated heterocycles. The van der Waals surface area contributed by atoms with Gasteiger partial charge in [0.1, 0.15) is 11.8 Å². The molecular formula is C27H48F2N4O2. The van der Waals surface area contributed by atoms with E-state index in [2.05, 4.69) is 42.8 Å². The summed E-state index contributed by atoms with van der Waals surface area (Å²) >= 11 is 0. The van der Waals surface area contributed by atoms with Crippen molar-refractivity contribution < 1.29 is 18.4 Å². The smallest absolute Gasteiger partial charge is 0.250 e. The van der Waals surface area contributed by atoms with Crippen molar-refractivity contribution in [1.29, 1.82) is 0 Å². The second kappa shape index (κ2) is 12.4. The molecule has 0 aromatic rings. The summed E-state index contributed by atoms with van der Waals surface area (Å²) in [4.78, 5) is 32.6. The highest BCUT2D eigenvalue weighted by molar-refractivity contribution is 5.87. The summed E-state index contributed by atoms with van der Waals surface area (Å²) < 4.78 is 26.8. The monoisotopic (exact) mass is 498 g/mol. The van der Waals surface area contributed by atoms with E-state index in [1.54, 1.807) is 0 Å². The van der Waals surface area contributed by atoms with Gasteiger partial charge in [-0.1, -0.05) is 27.7 Å². The minimum atomic E-state index is -2.48. The molecule has 202 valence electrons. The number of carbonyl (C=O) groups is 2. The highest BCUT2D eigenvalue weighted by Crippen LogP contribution is 2.31. The third-order valence-corrected chi connectivity index (χ3v) is 8.16. The molecule has 35 heavy (non-hydrogen) atoms. The van der Waals surface area contributed by atoms with E-state index < -0.39 is 11.5 Å². The van der Waals surface area contributed by atoms with Crippen LogP contribution in [0.3, 0.4) is 0 Å². The summed E-state index contributed by atoms with van der Waals surface area (Å²) in [5, 5.41) is 3.37. The molecule has 0 aromatic heterocycles. The lowest BCUT2D eigenvalue weighted by Gasteiger charge is -2.48. The van der Waals surface area contributed by atoms with E-state index in [9.17, 15) is 18.4 Å². The molecule has 3 rings (SSSR count). The third-order valence-electron chi connectivity index (χ3n) is 8.16. The lowest BCUT2D eigenvalue weighted by atomic mass is 9.84. The van der Waals surface area contributed by atoms with E-state index in [0.717, 1.165) is 58.1 Å². The Balaban J connectivity index is 1.56. The van der Waals surface area contributed by atoms with Gasteiger partial charge in [0.2, 0.25) is 5.91 Å². The fourth-order valence-electron chi connectivity index (χ4n) is 6.24. The van der Waals surface area contributed by atoms with Gasteiger partial charge < -0.3 is 24.8 Å². The van der Waals surface area contributed by atoms with E-state index in [0.29, 0.717) is 50.4 Å². The third kappa shape index (κ3) is 7.93. The Labute approximate surface area is 211 Å². The minimum absolute atomic E-state index is 0.0160. The number of hydrogen-bond acceptors (Lipinski definition) is 5. The van der Waals surface area contributed by atoms with Gasteiger partial charge in [0, 0.05) is 45.6 Å². The molecule has 3 aliphatic rings. The normalized spacial score (nSPS) is 26.9. The van der Waals surface area contributed by atoms with Gasteiger partial charge >= 0.3 is 0 Å². The second-order valence-electron chi connectivity index (χ2n) is 12.2. The molecule has 8 heteroatoms. The number of nitrogens with zero attached hydrogens (tertiary/aromatic N) is 3. The topological polar surface area (TPSA) is 55.9 Å². The van der Waals surface area contributed by atoms with Crippen LogP contribution in [-0.4, -0.2) is 96.8 Å². The average molecular weight is 499 g/mol. The molecule has 3 fully saturated rings. The molecule has 0 aliphatic carbocycles. The van der Waals surface area contributed by atoms with Crippen LogP contribution < -0.4 is 5.32 Å². The fourth-order valence-corrected chi connectivity index (χ4v) is 6.24. The van der Waals surface area contributed by atoms with Gasteiger partial charge in [-0.15, -0.1) is 0 Å². The van der Waals surface area contributed by atoms with Gasteiger partial charge in [0.05, 0.1) is 6.04 Å². The SMILES string of the molecule is CC(C)C[C@@H]1NCCN([C@](C=O)(CC(C)C)CN2CCC(CCN3CCC(F)(F)CC3)CC2)C1=O. The molecule has 6 nitrogen and oxygen atoms in total. The summed E-state index contributed by atoms with van der Waals surface area (Å²) in [5.41, 5.74) is -0.783. The van der Waals surface area contributed by atoms with Crippen molar-refractivity contribution in [3.8, 4) is 0 Å². The van der Waals surface area contributed by atoms with E-state index >= 15 is 0 Å². The number of rotatable bonds is 11. The van der Waals surface area contributed by atoms with E-state index in [-0.39, 0.29) is 24.8 Å². The zero-order valence-electron chi connectivity index (χ0n) is 22.4. The Morgan fingerprint density at radius 2 is 1.69 bits per heavy atom. The molecule has 1 amide bonds. The lowest BCUT2D eigenvalue weighted by Crippen LogP contribution is -2.67. The fraction of sp³-hybridized carbons (Fsp3) is 0.926. The first-order chi connectivity index (χ1) is 16.5. The molecule has 0 saturated carbocycles. The van der Waals surface area contributed by atoms with E-state index in [4.69, 9.17) is 0 Å². The van der Waals surface area contributed by atoms with Crippen LogP contribution in [0, 0.1) is 17.8 Å². The standard InChI is InChI=1S/C27H48F2N4O2/c1-21(2)17-24-25(35)33(16-10-30-24)26(20-34,18-22(3)4)19-32-12-6-23(7-13-32)5-11-31-14-8-27(28,29)9-15-31/h20-24,30H,5-19H2,1-4H3/t24-,26+/m0/s1. The zero-order chi connectivity index (χ0) is 25.6. The summed E-state index contributed by atoms with van der Waals surface area (Å²) in [6.07, 6.45) is 5.66. The Morgan fingerprint density at radius 1 is 1.03 bits per heavy atom. The van der Waals surface area contributed by atoms with Crippen molar-refractivity contribution in [3.63, 3.8) is 0 Å². The van der Waals surface area contributed by atoms with Crippen LogP contribution >= 0.6 is 0 Å². The molecule has 2 atom stereocenters. The van der Waals surface area contributed by atoms with Crippen LogP contribution in [0.15, 0.2) is 0 Å². The number of halogens is 2. The summed E-state index contributed by atoms with van der Waals surface area (Å²) in [6, 6.07) is -0.212. The Hall–Kier alpha value is -1.12. The molecule has 0 bridgehead atoms. The van der Waals surface area contributed by atoms with Gasteiger partial charge in [-0.05, 0) is 69.5 Å². The molecule has 1 N–H and O–H groups in total. The predicted octanol–water partition coefficient (Wildman–Crippen LogP) is 3.65. The highest BCUT2D eigenvalue weighted by Gasteiger charge is 2.45. The van der Waals surface area contributed by atoms with Crippen molar-refractivity contribution in [3.05, 3.63) is 0 Å². The minimum Gasteiger partial charge on any atom is -0.326 e. The molecule has 0 spiro atoms. The molecular weight excluding hydrogens is 450 g/mol. The Bertz CT molecular complexity index is 687. The van der Waals surface area contributed by atoms with Crippen molar-refractivity contribution in [2.24, 2.45) is 17.8 Å². The van der Waals surface area contributed by atoms with E-state index in [1.165, 1.54) is 0 Å². The number of nitrogens with one attached hydrogen (secondary N) is 1. The van der Waals surface area contributed by atoms with Crippen LogP contribution in [0.25, 0.3) is 0 Å². The number of alkyl halides is 2. The number of piperidine rings is 2. The van der Waals surface area contributed by atoms with Gasteiger partial charge in [0.25, 0.3) is 5.92 Å². The van der Waals surface area contributed by atoms with Crippen LogP contribution in [0.5, 0.6) is 0 Å².